The van der Waals surface area contributed by atoms with Crippen molar-refractivity contribution in [1.29, 1.82) is 0 Å². The Kier molecular flexibility index (Phi) is 25.8. The predicted octanol–water partition coefficient (Wildman–Crippen LogP) is 5.74. The van der Waals surface area contributed by atoms with Gasteiger partial charge in [0.05, 0.1) is 136 Å². The molecule has 0 bridgehead atoms. The Morgan fingerprint density at radius 1 is 0.486 bits per heavy atom. The number of imide groups is 2. The SMILES string of the molecule is O=C1CCC(N2C(=O)c3cccc(NC(=O)CCCCCOCCOCCOCCOCCOCCOCCOCCOCCOCCOC(c4ccccc4)(c4ccccc4)c4ccccc4)c3C2=O)C(=O)N1. The molecule has 400 valence electrons. The van der Waals surface area contributed by atoms with E-state index in [9.17, 15) is 24.0 Å². The molecule has 18 nitrogen and oxygen atoms in total. The predicted molar refractivity (Wildman–Crippen MR) is 273 cm³/mol. The molecule has 2 aliphatic rings. The van der Waals surface area contributed by atoms with Crippen molar-refractivity contribution in [2.24, 2.45) is 0 Å². The van der Waals surface area contributed by atoms with Crippen molar-refractivity contribution in [3.63, 3.8) is 0 Å². The Bertz CT molecular complexity index is 2190. The van der Waals surface area contributed by atoms with Gasteiger partial charge in [0.2, 0.25) is 17.7 Å². The van der Waals surface area contributed by atoms with Gasteiger partial charge in [-0.2, -0.15) is 0 Å². The van der Waals surface area contributed by atoms with E-state index in [1.54, 1.807) is 12.1 Å². The highest BCUT2D eigenvalue weighted by atomic mass is 16.6. The van der Waals surface area contributed by atoms with Gasteiger partial charge in [0, 0.05) is 19.4 Å². The van der Waals surface area contributed by atoms with Gasteiger partial charge in [-0.25, -0.2) is 0 Å². The summed E-state index contributed by atoms with van der Waals surface area (Å²) in [5.74, 6) is -2.73. The Balaban J connectivity index is 0.649. The zero-order chi connectivity index (χ0) is 51.9. The minimum Gasteiger partial charge on any atom is -0.379 e. The Hall–Kier alpha value is -5.77. The lowest BCUT2D eigenvalue weighted by Gasteiger charge is -2.36. The fourth-order valence-corrected chi connectivity index (χ4v) is 8.38. The molecule has 0 spiro atoms. The van der Waals surface area contributed by atoms with Gasteiger partial charge in [-0.1, -0.05) is 103 Å². The third kappa shape index (κ3) is 18.3. The van der Waals surface area contributed by atoms with Gasteiger partial charge in [0.25, 0.3) is 11.8 Å². The number of hydrogen-bond donors (Lipinski definition) is 2. The maximum Gasteiger partial charge on any atom is 0.264 e. The van der Waals surface area contributed by atoms with Crippen molar-refractivity contribution >= 4 is 35.2 Å². The van der Waals surface area contributed by atoms with E-state index in [2.05, 4.69) is 47.0 Å². The first-order valence-electron chi connectivity index (χ1n) is 25.5. The topological polar surface area (TPSA) is 205 Å². The zero-order valence-electron chi connectivity index (χ0n) is 42.2. The first-order chi connectivity index (χ1) is 36.4. The summed E-state index contributed by atoms with van der Waals surface area (Å²) < 4.78 is 57.3. The van der Waals surface area contributed by atoms with Crippen LogP contribution in [-0.2, 0) is 67.4 Å². The second-order valence-electron chi connectivity index (χ2n) is 17.2. The minimum absolute atomic E-state index is 0.0253. The number of anilines is 1. The van der Waals surface area contributed by atoms with Crippen LogP contribution in [0.15, 0.2) is 109 Å². The van der Waals surface area contributed by atoms with E-state index in [0.29, 0.717) is 132 Å². The molecule has 1 atom stereocenters. The van der Waals surface area contributed by atoms with E-state index < -0.39 is 35.3 Å². The third-order valence-corrected chi connectivity index (χ3v) is 12.0. The smallest absolute Gasteiger partial charge is 0.264 e. The highest BCUT2D eigenvalue weighted by Gasteiger charge is 2.46. The summed E-state index contributed by atoms with van der Waals surface area (Å²) in [6, 6.07) is 34.4. The number of benzene rings is 4. The lowest BCUT2D eigenvalue weighted by Crippen LogP contribution is -2.54. The van der Waals surface area contributed by atoms with Crippen LogP contribution in [0.4, 0.5) is 5.69 Å². The number of unbranched alkanes of at least 4 members (excludes halogenated alkanes) is 2. The molecule has 2 heterocycles. The number of carbonyl (C=O) groups is 5. The van der Waals surface area contributed by atoms with Gasteiger partial charge in [-0.3, -0.25) is 34.2 Å². The van der Waals surface area contributed by atoms with Crippen molar-refractivity contribution in [3.8, 4) is 0 Å². The lowest BCUT2D eigenvalue weighted by atomic mass is 9.80. The van der Waals surface area contributed by atoms with Crippen molar-refractivity contribution < 1.29 is 71.3 Å². The van der Waals surface area contributed by atoms with E-state index in [0.717, 1.165) is 34.4 Å². The molecular weight excluding hydrogens is 955 g/mol. The normalized spacial score (nSPS) is 14.6. The molecule has 1 fully saturated rings. The largest absolute Gasteiger partial charge is 0.379 e. The number of nitrogens with one attached hydrogen (secondary N) is 2. The van der Waals surface area contributed by atoms with Gasteiger partial charge in [-0.05, 0) is 48.1 Å². The number of piperidine rings is 1. The minimum atomic E-state index is -1.08. The highest BCUT2D eigenvalue weighted by molar-refractivity contribution is 6.26. The number of ether oxygens (including phenoxy) is 10. The molecular formula is C56H71N3O15. The molecule has 2 N–H and O–H groups in total. The van der Waals surface area contributed by atoms with E-state index >= 15 is 0 Å². The Morgan fingerprint density at radius 3 is 1.34 bits per heavy atom. The molecule has 0 radical (unpaired) electrons. The van der Waals surface area contributed by atoms with Crippen LogP contribution in [0.1, 0.15) is 75.9 Å². The summed E-state index contributed by atoms with van der Waals surface area (Å²) in [4.78, 5) is 63.8. The van der Waals surface area contributed by atoms with E-state index in [1.807, 2.05) is 54.6 Å². The number of amides is 5. The van der Waals surface area contributed by atoms with Crippen LogP contribution in [-0.4, -0.2) is 166 Å². The first-order valence-corrected chi connectivity index (χ1v) is 25.5. The monoisotopic (exact) mass is 1030 g/mol. The maximum absolute atomic E-state index is 13.2. The van der Waals surface area contributed by atoms with Crippen LogP contribution in [0.2, 0.25) is 0 Å². The number of carbonyl (C=O) groups excluding carboxylic acids is 5. The second-order valence-corrected chi connectivity index (χ2v) is 17.2. The summed E-state index contributed by atoms with van der Waals surface area (Å²) in [6.45, 7) is 8.64. The summed E-state index contributed by atoms with van der Waals surface area (Å²) in [5, 5.41) is 4.92. The van der Waals surface area contributed by atoms with Crippen molar-refractivity contribution in [3.05, 3.63) is 137 Å². The summed E-state index contributed by atoms with van der Waals surface area (Å²) >= 11 is 0. The van der Waals surface area contributed by atoms with Crippen LogP contribution in [0.3, 0.4) is 0 Å². The van der Waals surface area contributed by atoms with Crippen LogP contribution < -0.4 is 10.6 Å². The highest BCUT2D eigenvalue weighted by Crippen LogP contribution is 2.40. The summed E-state index contributed by atoms with van der Waals surface area (Å²) in [6.07, 6.45) is 2.43. The molecule has 0 aliphatic carbocycles. The molecule has 6 rings (SSSR count). The quantitative estimate of drug-likeness (QED) is 0.0311. The molecule has 74 heavy (non-hydrogen) atoms. The number of nitrogens with zero attached hydrogens (tertiary/aromatic N) is 1. The zero-order valence-corrected chi connectivity index (χ0v) is 42.2. The standard InChI is InChI=1S/C56H71N3O15/c60-50(57-48-21-13-20-47-52(48)55(64)59(54(47)63)49-23-24-51(61)58-53(49)62)22-11-4-12-25-65-26-27-66-28-29-67-30-31-68-32-33-69-34-35-70-36-37-71-38-39-72-40-41-73-42-43-74-56(44-14-5-1-6-15-44,45-16-7-2-8-17-45)46-18-9-3-10-19-46/h1-3,5-10,13-21,49H,4,11-12,22-43H2,(H,57,60)(H,58,61,62). The molecule has 4 aromatic carbocycles. The van der Waals surface area contributed by atoms with Crippen LogP contribution in [0.5, 0.6) is 0 Å². The number of rotatable bonds is 39. The molecule has 18 heteroatoms. The van der Waals surface area contributed by atoms with Crippen molar-refractivity contribution in [1.82, 2.24) is 10.2 Å². The van der Waals surface area contributed by atoms with E-state index in [4.69, 9.17) is 47.4 Å². The maximum atomic E-state index is 13.2. The summed E-state index contributed by atoms with van der Waals surface area (Å²) in [5.41, 5.74) is 2.77. The molecule has 0 aromatic heterocycles. The fraction of sp³-hybridized carbons (Fsp3) is 0.482. The average molecular weight is 1030 g/mol. The van der Waals surface area contributed by atoms with Crippen molar-refractivity contribution in [2.45, 2.75) is 50.2 Å². The average Bonchev–Trinajstić information content (AvgIpc) is 3.68. The van der Waals surface area contributed by atoms with E-state index in [1.165, 1.54) is 6.07 Å². The van der Waals surface area contributed by atoms with Gasteiger partial charge in [-0.15, -0.1) is 0 Å². The van der Waals surface area contributed by atoms with Crippen LogP contribution >= 0.6 is 0 Å². The van der Waals surface area contributed by atoms with Gasteiger partial charge in [0.1, 0.15) is 11.6 Å². The molecule has 2 aliphatic heterocycles. The Labute approximate surface area is 433 Å². The molecule has 1 unspecified atom stereocenters. The second kappa shape index (κ2) is 33.2. The number of hydrogen-bond acceptors (Lipinski definition) is 15. The van der Waals surface area contributed by atoms with Gasteiger partial charge < -0.3 is 52.7 Å². The molecule has 1 saturated heterocycles. The Morgan fingerprint density at radius 2 is 0.905 bits per heavy atom. The van der Waals surface area contributed by atoms with E-state index in [-0.39, 0.29) is 42.0 Å². The lowest BCUT2D eigenvalue weighted by molar-refractivity contribution is -0.136. The van der Waals surface area contributed by atoms with Crippen LogP contribution in [0, 0.1) is 0 Å². The third-order valence-electron chi connectivity index (χ3n) is 12.0. The first kappa shape index (κ1) is 57.5. The van der Waals surface area contributed by atoms with Gasteiger partial charge >= 0.3 is 0 Å². The van der Waals surface area contributed by atoms with Crippen LogP contribution in [0.25, 0.3) is 0 Å². The van der Waals surface area contributed by atoms with Gasteiger partial charge in [0.15, 0.2) is 0 Å². The summed E-state index contributed by atoms with van der Waals surface area (Å²) in [7, 11) is 0. The van der Waals surface area contributed by atoms with Crippen molar-refractivity contribution in [2.75, 3.05) is 131 Å². The number of fused-ring (bicyclic) bond motifs is 1. The fourth-order valence-electron chi connectivity index (χ4n) is 8.38. The molecule has 0 saturated carbocycles. The molecule has 5 amide bonds. The molecule has 4 aromatic rings.